The van der Waals surface area contributed by atoms with Crippen molar-refractivity contribution in [3.63, 3.8) is 0 Å². The van der Waals surface area contributed by atoms with Crippen molar-refractivity contribution in [3.8, 4) is 0 Å². The molecule has 86 valence electrons. The fraction of sp³-hybridized carbons (Fsp3) is 0.333. The molecule has 0 unspecified atom stereocenters. The Morgan fingerprint density at radius 3 is 2.69 bits per heavy atom. The Bertz CT molecular complexity index is 300. The SMILES string of the molecule is C=CCNCCCC/C=C/c1ccccc1. The first-order valence-corrected chi connectivity index (χ1v) is 5.96. The average Bonchev–Trinajstić information content (AvgIpc) is 2.34. The molecule has 0 aliphatic heterocycles. The molecule has 1 heteroatoms. The summed E-state index contributed by atoms with van der Waals surface area (Å²) in [5.74, 6) is 0. The molecule has 1 aromatic carbocycles. The van der Waals surface area contributed by atoms with Gasteiger partial charge in [-0.2, -0.15) is 0 Å². The maximum absolute atomic E-state index is 3.67. The van der Waals surface area contributed by atoms with Crippen molar-refractivity contribution < 1.29 is 0 Å². The monoisotopic (exact) mass is 215 g/mol. The Balaban J connectivity index is 2.03. The lowest BCUT2D eigenvalue weighted by molar-refractivity contribution is 0.661. The molecule has 0 bridgehead atoms. The Labute approximate surface area is 98.9 Å². The van der Waals surface area contributed by atoms with Crippen LogP contribution in [0.2, 0.25) is 0 Å². The minimum atomic E-state index is 0.917. The first kappa shape index (κ1) is 12.7. The minimum Gasteiger partial charge on any atom is -0.313 e. The van der Waals surface area contributed by atoms with E-state index in [9.17, 15) is 0 Å². The van der Waals surface area contributed by atoms with Crippen molar-refractivity contribution in [1.82, 2.24) is 5.32 Å². The van der Waals surface area contributed by atoms with Gasteiger partial charge in [-0.15, -0.1) is 6.58 Å². The second-order valence-corrected chi connectivity index (χ2v) is 3.80. The summed E-state index contributed by atoms with van der Waals surface area (Å²) >= 11 is 0. The van der Waals surface area contributed by atoms with Crippen LogP contribution in [0.3, 0.4) is 0 Å². The van der Waals surface area contributed by atoms with Gasteiger partial charge in [0.25, 0.3) is 0 Å². The van der Waals surface area contributed by atoms with E-state index in [4.69, 9.17) is 0 Å². The van der Waals surface area contributed by atoms with E-state index >= 15 is 0 Å². The van der Waals surface area contributed by atoms with Gasteiger partial charge < -0.3 is 5.32 Å². The van der Waals surface area contributed by atoms with Gasteiger partial charge in [0.1, 0.15) is 0 Å². The fourth-order valence-corrected chi connectivity index (χ4v) is 1.50. The number of unbranched alkanes of at least 4 members (excludes halogenated alkanes) is 2. The van der Waals surface area contributed by atoms with Gasteiger partial charge in [-0.05, 0) is 31.4 Å². The maximum Gasteiger partial charge on any atom is 0.0132 e. The zero-order chi connectivity index (χ0) is 11.5. The van der Waals surface area contributed by atoms with Crippen LogP contribution in [0.4, 0.5) is 0 Å². The van der Waals surface area contributed by atoms with Crippen LogP contribution in [0.5, 0.6) is 0 Å². The standard InChI is InChI=1S/C15H21N/c1-2-13-16-14-9-4-3-6-10-15-11-7-5-8-12-15/h2,5-8,10-12,16H,1,3-4,9,13-14H2/b10-6+. The molecule has 1 N–H and O–H groups in total. The molecule has 0 aliphatic rings. The number of nitrogens with one attached hydrogen (secondary N) is 1. The number of hydrogen-bond donors (Lipinski definition) is 1. The van der Waals surface area contributed by atoms with Gasteiger partial charge in [-0.3, -0.25) is 0 Å². The van der Waals surface area contributed by atoms with E-state index in [2.05, 4.69) is 48.3 Å². The molecule has 1 aromatic rings. The Morgan fingerprint density at radius 2 is 1.94 bits per heavy atom. The molecule has 0 aliphatic carbocycles. The maximum atomic E-state index is 3.67. The third-order valence-corrected chi connectivity index (χ3v) is 2.37. The smallest absolute Gasteiger partial charge is 0.0132 e. The molecule has 0 atom stereocenters. The normalized spacial score (nSPS) is 10.8. The van der Waals surface area contributed by atoms with Crippen LogP contribution < -0.4 is 5.32 Å². The highest BCUT2D eigenvalue weighted by molar-refractivity contribution is 5.48. The largest absolute Gasteiger partial charge is 0.313 e. The molecular formula is C15H21N. The fourth-order valence-electron chi connectivity index (χ4n) is 1.50. The van der Waals surface area contributed by atoms with Gasteiger partial charge in [0.05, 0.1) is 0 Å². The summed E-state index contributed by atoms with van der Waals surface area (Å²) in [5.41, 5.74) is 1.28. The average molecular weight is 215 g/mol. The van der Waals surface area contributed by atoms with Crippen LogP contribution in [0, 0.1) is 0 Å². The third kappa shape index (κ3) is 6.20. The lowest BCUT2D eigenvalue weighted by Crippen LogP contribution is -2.14. The van der Waals surface area contributed by atoms with E-state index in [1.54, 1.807) is 0 Å². The highest BCUT2D eigenvalue weighted by Crippen LogP contribution is 2.03. The second-order valence-electron chi connectivity index (χ2n) is 3.80. The summed E-state index contributed by atoms with van der Waals surface area (Å²) < 4.78 is 0. The molecule has 1 nitrogen and oxygen atoms in total. The van der Waals surface area contributed by atoms with E-state index in [0.29, 0.717) is 0 Å². The third-order valence-electron chi connectivity index (χ3n) is 2.37. The van der Waals surface area contributed by atoms with Crippen molar-refractivity contribution in [2.75, 3.05) is 13.1 Å². The lowest BCUT2D eigenvalue weighted by Gasteiger charge is -1.99. The van der Waals surface area contributed by atoms with E-state index in [-0.39, 0.29) is 0 Å². The highest BCUT2D eigenvalue weighted by Gasteiger charge is 1.86. The summed E-state index contributed by atoms with van der Waals surface area (Å²) in [7, 11) is 0. The van der Waals surface area contributed by atoms with Crippen molar-refractivity contribution >= 4 is 6.08 Å². The second kappa shape index (κ2) is 8.93. The molecular weight excluding hydrogens is 194 g/mol. The van der Waals surface area contributed by atoms with E-state index in [0.717, 1.165) is 19.5 Å². The number of hydrogen-bond acceptors (Lipinski definition) is 1. The minimum absolute atomic E-state index is 0.917. The van der Waals surface area contributed by atoms with Crippen LogP contribution in [0.1, 0.15) is 24.8 Å². The molecule has 0 aromatic heterocycles. The van der Waals surface area contributed by atoms with Crippen LogP contribution in [-0.2, 0) is 0 Å². The van der Waals surface area contributed by atoms with E-state index < -0.39 is 0 Å². The summed E-state index contributed by atoms with van der Waals surface area (Å²) in [4.78, 5) is 0. The van der Waals surface area contributed by atoms with Crippen molar-refractivity contribution in [3.05, 3.63) is 54.6 Å². The predicted molar refractivity (Wildman–Crippen MR) is 72.4 cm³/mol. The van der Waals surface area contributed by atoms with Crippen molar-refractivity contribution in [2.45, 2.75) is 19.3 Å². The summed E-state index contributed by atoms with van der Waals surface area (Å²) in [6, 6.07) is 10.4. The number of allylic oxidation sites excluding steroid dienone is 1. The summed E-state index contributed by atoms with van der Waals surface area (Å²) in [5, 5.41) is 3.30. The van der Waals surface area contributed by atoms with Crippen molar-refractivity contribution in [1.29, 1.82) is 0 Å². The Hall–Kier alpha value is -1.34. The molecule has 1 rings (SSSR count). The molecule has 0 spiro atoms. The van der Waals surface area contributed by atoms with Crippen molar-refractivity contribution in [2.24, 2.45) is 0 Å². The zero-order valence-electron chi connectivity index (χ0n) is 9.86. The first-order chi connectivity index (χ1) is 7.93. The lowest BCUT2D eigenvalue weighted by atomic mass is 10.1. The summed E-state index contributed by atoms with van der Waals surface area (Å²) in [6.07, 6.45) is 9.97. The molecule has 16 heavy (non-hydrogen) atoms. The molecule has 0 saturated carbocycles. The first-order valence-electron chi connectivity index (χ1n) is 5.96. The molecule has 0 heterocycles. The topological polar surface area (TPSA) is 12.0 Å². The van der Waals surface area contributed by atoms with Crippen LogP contribution in [0.15, 0.2) is 49.1 Å². The highest BCUT2D eigenvalue weighted by atomic mass is 14.8. The molecule has 0 saturated heterocycles. The molecule has 0 fully saturated rings. The quantitative estimate of drug-likeness (QED) is 0.515. The van der Waals surface area contributed by atoms with E-state index in [1.807, 2.05) is 12.1 Å². The number of rotatable bonds is 8. The van der Waals surface area contributed by atoms with Crippen LogP contribution >= 0.6 is 0 Å². The van der Waals surface area contributed by atoms with Gasteiger partial charge in [0.15, 0.2) is 0 Å². The predicted octanol–water partition coefficient (Wildman–Crippen LogP) is 3.65. The zero-order valence-corrected chi connectivity index (χ0v) is 9.86. The van der Waals surface area contributed by atoms with Gasteiger partial charge >= 0.3 is 0 Å². The molecule has 0 radical (unpaired) electrons. The van der Waals surface area contributed by atoms with E-state index in [1.165, 1.54) is 18.4 Å². The summed E-state index contributed by atoms with van der Waals surface area (Å²) in [6.45, 7) is 5.67. The van der Waals surface area contributed by atoms with Gasteiger partial charge in [-0.1, -0.05) is 48.6 Å². The van der Waals surface area contributed by atoms with Crippen LogP contribution in [-0.4, -0.2) is 13.1 Å². The number of benzene rings is 1. The Kier molecular flexibility index (Phi) is 7.10. The van der Waals surface area contributed by atoms with Gasteiger partial charge in [0, 0.05) is 6.54 Å². The van der Waals surface area contributed by atoms with Gasteiger partial charge in [-0.25, -0.2) is 0 Å². The Morgan fingerprint density at radius 1 is 1.12 bits per heavy atom. The van der Waals surface area contributed by atoms with Crippen LogP contribution in [0.25, 0.3) is 6.08 Å². The van der Waals surface area contributed by atoms with Gasteiger partial charge in [0.2, 0.25) is 0 Å². The molecule has 0 amide bonds.